The third-order valence-electron chi connectivity index (χ3n) is 7.58. The van der Waals surface area contributed by atoms with Crippen LogP contribution in [0.5, 0.6) is 5.75 Å². The van der Waals surface area contributed by atoms with Gasteiger partial charge in [-0.2, -0.15) is 0 Å². The van der Waals surface area contributed by atoms with Crippen LogP contribution in [0.15, 0.2) is 116 Å². The average molecular weight is 505 g/mol. The SMILES string of the molecule is C=C1/C=c2\c([nH]c3c(C(=C)NC4C=CC=CC4)cc(-c4ccc5ccccc5c4)cc23)=C/Oc2ccccc21. The van der Waals surface area contributed by atoms with Gasteiger partial charge in [0.1, 0.15) is 12.0 Å². The highest BCUT2D eigenvalue weighted by molar-refractivity contribution is 6.00. The van der Waals surface area contributed by atoms with Crippen LogP contribution in [0.25, 0.3) is 56.4 Å². The van der Waals surface area contributed by atoms with Gasteiger partial charge < -0.3 is 15.0 Å². The van der Waals surface area contributed by atoms with Crippen LogP contribution in [-0.4, -0.2) is 11.0 Å². The molecule has 0 amide bonds. The number of benzene rings is 4. The lowest BCUT2D eigenvalue weighted by atomic mass is 9.95. The summed E-state index contributed by atoms with van der Waals surface area (Å²) in [7, 11) is 0. The summed E-state index contributed by atoms with van der Waals surface area (Å²) < 4.78 is 6.15. The van der Waals surface area contributed by atoms with Crippen LogP contribution in [0.4, 0.5) is 0 Å². The number of ether oxygens (including phenoxy) is 1. The van der Waals surface area contributed by atoms with Crippen molar-refractivity contribution in [3.05, 3.63) is 138 Å². The van der Waals surface area contributed by atoms with E-state index >= 15 is 0 Å². The molecule has 2 aliphatic rings. The van der Waals surface area contributed by atoms with Gasteiger partial charge in [0.2, 0.25) is 0 Å². The summed E-state index contributed by atoms with van der Waals surface area (Å²) in [6.07, 6.45) is 13.4. The van der Waals surface area contributed by atoms with Crippen molar-refractivity contribution >= 4 is 45.3 Å². The number of hydrogen-bond donors (Lipinski definition) is 2. The van der Waals surface area contributed by atoms with Crippen molar-refractivity contribution in [2.45, 2.75) is 12.5 Å². The molecule has 1 aromatic heterocycles. The van der Waals surface area contributed by atoms with Crippen molar-refractivity contribution in [1.29, 1.82) is 0 Å². The number of aromatic amines is 1. The number of fused-ring (bicyclic) bond motifs is 5. The van der Waals surface area contributed by atoms with Gasteiger partial charge >= 0.3 is 0 Å². The van der Waals surface area contributed by atoms with Gasteiger partial charge in [0, 0.05) is 33.5 Å². The van der Waals surface area contributed by atoms with Gasteiger partial charge in [-0.15, -0.1) is 0 Å². The Hall–Kier alpha value is -5.02. The molecule has 0 bridgehead atoms. The van der Waals surface area contributed by atoms with E-state index in [1.165, 1.54) is 10.8 Å². The summed E-state index contributed by atoms with van der Waals surface area (Å²) in [5.74, 6) is 0.795. The first-order valence-corrected chi connectivity index (χ1v) is 13.2. The molecular weight excluding hydrogens is 476 g/mol. The van der Waals surface area contributed by atoms with Crippen LogP contribution in [0, 0.1) is 0 Å². The number of para-hydroxylation sites is 1. The zero-order valence-electron chi connectivity index (χ0n) is 21.6. The number of rotatable bonds is 4. The monoisotopic (exact) mass is 504 g/mol. The molecule has 3 heteroatoms. The molecule has 0 saturated heterocycles. The van der Waals surface area contributed by atoms with E-state index in [2.05, 4.69) is 108 Å². The minimum atomic E-state index is 0.202. The number of H-pyrrole nitrogens is 1. The van der Waals surface area contributed by atoms with E-state index in [0.29, 0.717) is 0 Å². The van der Waals surface area contributed by atoms with E-state index in [-0.39, 0.29) is 6.04 Å². The molecule has 2 heterocycles. The molecule has 2 N–H and O–H groups in total. The van der Waals surface area contributed by atoms with Crippen LogP contribution in [0.2, 0.25) is 0 Å². The van der Waals surface area contributed by atoms with E-state index in [9.17, 15) is 0 Å². The first-order valence-electron chi connectivity index (χ1n) is 13.2. The van der Waals surface area contributed by atoms with Gasteiger partial charge in [0.05, 0.1) is 10.9 Å². The van der Waals surface area contributed by atoms with Gasteiger partial charge in [-0.1, -0.05) is 92.1 Å². The lowest BCUT2D eigenvalue weighted by Crippen LogP contribution is -2.25. The Labute approximate surface area is 227 Å². The van der Waals surface area contributed by atoms with E-state index in [0.717, 1.165) is 67.2 Å². The number of nitrogens with one attached hydrogen (secondary N) is 2. The van der Waals surface area contributed by atoms with Gasteiger partial charge in [-0.05, 0) is 64.2 Å². The fourth-order valence-electron chi connectivity index (χ4n) is 5.56. The second-order valence-electron chi connectivity index (χ2n) is 10.1. The fraction of sp³-hybridized carbons (Fsp3) is 0.0556. The van der Waals surface area contributed by atoms with Gasteiger partial charge in [0.15, 0.2) is 0 Å². The highest BCUT2D eigenvalue weighted by atomic mass is 16.5. The Morgan fingerprint density at radius 2 is 1.74 bits per heavy atom. The molecule has 1 aliphatic heterocycles. The Balaban J connectivity index is 1.45. The second-order valence-corrected chi connectivity index (χ2v) is 10.1. The van der Waals surface area contributed by atoms with E-state index in [1.807, 2.05) is 24.3 Å². The third kappa shape index (κ3) is 4.18. The van der Waals surface area contributed by atoms with E-state index in [1.54, 1.807) is 6.26 Å². The normalized spacial score (nSPS) is 17.6. The molecule has 39 heavy (non-hydrogen) atoms. The van der Waals surface area contributed by atoms with Crippen molar-refractivity contribution in [3.63, 3.8) is 0 Å². The maximum atomic E-state index is 6.15. The predicted octanol–water partition coefficient (Wildman–Crippen LogP) is 7.06. The molecule has 0 radical (unpaired) electrons. The van der Waals surface area contributed by atoms with Crippen LogP contribution in [-0.2, 0) is 0 Å². The molecule has 1 atom stereocenters. The molecule has 1 aliphatic carbocycles. The minimum Gasteiger partial charge on any atom is -0.462 e. The molecular formula is C36H28N2O. The smallest absolute Gasteiger partial charge is 0.134 e. The van der Waals surface area contributed by atoms with Crippen LogP contribution >= 0.6 is 0 Å². The first-order chi connectivity index (χ1) is 19.1. The molecule has 7 rings (SSSR count). The third-order valence-corrected chi connectivity index (χ3v) is 7.58. The Kier molecular flexibility index (Phi) is 5.56. The first kappa shape index (κ1) is 23.1. The standard InChI is InChI=1S/C36H28N2O/c1-23-18-32-33-21-28(27-17-16-25-10-6-7-11-26(25)19-27)20-31(24(2)37-29-12-4-3-5-13-29)36(33)38-34(32)22-39-35-15-9-8-14-30(23)35/h3-12,14-22,29,37-38H,1-2,13H2/b32-18-,34-22+. The number of aromatic nitrogens is 1. The molecule has 3 nitrogen and oxygen atoms in total. The largest absolute Gasteiger partial charge is 0.462 e. The van der Waals surface area contributed by atoms with Crippen molar-refractivity contribution < 1.29 is 4.74 Å². The average Bonchev–Trinajstić information content (AvgIpc) is 3.31. The number of allylic oxidation sites excluding steroid dienone is 3. The molecule has 188 valence electrons. The van der Waals surface area contributed by atoms with Gasteiger partial charge in [-0.25, -0.2) is 0 Å². The maximum Gasteiger partial charge on any atom is 0.134 e. The molecule has 4 aromatic carbocycles. The minimum absolute atomic E-state index is 0.202. The van der Waals surface area contributed by atoms with Gasteiger partial charge in [-0.3, -0.25) is 0 Å². The summed E-state index contributed by atoms with van der Waals surface area (Å²) in [4.78, 5) is 3.64. The Bertz CT molecular complexity index is 1990. The summed E-state index contributed by atoms with van der Waals surface area (Å²) in [5, 5.41) is 9.16. The zero-order chi connectivity index (χ0) is 26.3. The maximum absolute atomic E-state index is 6.15. The molecule has 0 spiro atoms. The van der Waals surface area contributed by atoms with Crippen LogP contribution in [0.1, 0.15) is 17.5 Å². The highest BCUT2D eigenvalue weighted by Gasteiger charge is 2.16. The molecule has 1 unspecified atom stereocenters. The Morgan fingerprint density at radius 3 is 2.62 bits per heavy atom. The summed E-state index contributed by atoms with van der Waals surface area (Å²) in [6, 6.07) is 27.8. The quantitative estimate of drug-likeness (QED) is 0.275. The molecule has 0 fully saturated rings. The van der Waals surface area contributed by atoms with Gasteiger partial charge in [0.25, 0.3) is 0 Å². The lowest BCUT2D eigenvalue weighted by Gasteiger charge is -2.20. The molecule has 0 saturated carbocycles. The van der Waals surface area contributed by atoms with E-state index in [4.69, 9.17) is 4.74 Å². The topological polar surface area (TPSA) is 37.0 Å². The van der Waals surface area contributed by atoms with Crippen LogP contribution < -0.4 is 20.6 Å². The predicted molar refractivity (Wildman–Crippen MR) is 164 cm³/mol. The van der Waals surface area contributed by atoms with Crippen molar-refractivity contribution in [2.24, 2.45) is 0 Å². The Morgan fingerprint density at radius 1 is 0.897 bits per heavy atom. The summed E-state index contributed by atoms with van der Waals surface area (Å²) in [6.45, 7) is 8.87. The zero-order valence-corrected chi connectivity index (χ0v) is 21.6. The second kappa shape index (κ2) is 9.38. The molecule has 5 aromatic rings. The van der Waals surface area contributed by atoms with E-state index < -0.39 is 0 Å². The lowest BCUT2D eigenvalue weighted by molar-refractivity contribution is 0.536. The summed E-state index contributed by atoms with van der Waals surface area (Å²) in [5.41, 5.74) is 7.13. The van der Waals surface area contributed by atoms with Crippen LogP contribution in [0.3, 0.4) is 0 Å². The number of hydrogen-bond acceptors (Lipinski definition) is 2. The van der Waals surface area contributed by atoms with Crippen molar-refractivity contribution in [3.8, 4) is 16.9 Å². The highest BCUT2D eigenvalue weighted by Crippen LogP contribution is 2.32. The fourth-order valence-corrected chi connectivity index (χ4v) is 5.56. The van der Waals surface area contributed by atoms with Crippen molar-refractivity contribution in [2.75, 3.05) is 0 Å². The summed E-state index contributed by atoms with van der Waals surface area (Å²) >= 11 is 0. The van der Waals surface area contributed by atoms with Crippen molar-refractivity contribution in [1.82, 2.24) is 10.3 Å².